The number of hydrogen-bond acceptors (Lipinski definition) is 3. The zero-order valence-electron chi connectivity index (χ0n) is 11.9. The molecule has 1 rings (SSSR count). The molecular formula is C13H21N3O3. The Kier molecular flexibility index (Phi) is 4.05. The fraction of sp³-hybridized carbons (Fsp3) is 0.538. The van der Waals surface area contributed by atoms with Gasteiger partial charge in [-0.3, -0.25) is 4.79 Å². The van der Waals surface area contributed by atoms with Crippen molar-refractivity contribution in [1.29, 1.82) is 0 Å². The van der Waals surface area contributed by atoms with Gasteiger partial charge in [-0.25, -0.2) is 4.79 Å². The van der Waals surface area contributed by atoms with Crippen LogP contribution in [0.1, 0.15) is 27.7 Å². The minimum atomic E-state index is -1.09. The second-order valence-electron chi connectivity index (χ2n) is 5.60. The minimum Gasteiger partial charge on any atom is -0.388 e. The Labute approximate surface area is 112 Å². The van der Waals surface area contributed by atoms with E-state index in [1.54, 1.807) is 47.0 Å². The van der Waals surface area contributed by atoms with Crippen LogP contribution in [0.25, 0.3) is 0 Å². The van der Waals surface area contributed by atoms with Gasteiger partial charge in [0.2, 0.25) is 0 Å². The van der Waals surface area contributed by atoms with Crippen molar-refractivity contribution in [1.82, 2.24) is 9.88 Å². The van der Waals surface area contributed by atoms with E-state index in [1.165, 1.54) is 10.6 Å². The highest BCUT2D eigenvalue weighted by atomic mass is 16.3. The molecule has 0 aliphatic heterocycles. The van der Waals surface area contributed by atoms with Crippen LogP contribution in [-0.2, 0) is 7.05 Å². The Morgan fingerprint density at radius 3 is 2.42 bits per heavy atom. The fourth-order valence-corrected chi connectivity index (χ4v) is 1.28. The molecule has 1 aromatic heterocycles. The third-order valence-electron chi connectivity index (χ3n) is 3.33. The highest BCUT2D eigenvalue weighted by Gasteiger charge is 2.36. The number of nitrogens with one attached hydrogen (secondary N) is 2. The summed E-state index contributed by atoms with van der Waals surface area (Å²) in [4.78, 5) is 23.6. The van der Waals surface area contributed by atoms with Crippen LogP contribution in [-0.4, -0.2) is 26.8 Å². The molecule has 0 radical (unpaired) electrons. The van der Waals surface area contributed by atoms with Crippen molar-refractivity contribution in [3.05, 3.63) is 28.7 Å². The van der Waals surface area contributed by atoms with Gasteiger partial charge in [-0.2, -0.15) is 0 Å². The van der Waals surface area contributed by atoms with E-state index in [1.807, 2.05) is 0 Å². The number of hydrogen-bond donors (Lipinski definition) is 3. The first-order chi connectivity index (χ1) is 8.54. The van der Waals surface area contributed by atoms with Crippen LogP contribution >= 0.6 is 0 Å². The molecule has 106 valence electrons. The summed E-state index contributed by atoms with van der Waals surface area (Å²) in [6.45, 7) is 6.62. The number of carbonyl (C=O) groups is 1. The van der Waals surface area contributed by atoms with Crippen LogP contribution < -0.4 is 16.2 Å². The van der Waals surface area contributed by atoms with E-state index in [4.69, 9.17) is 0 Å². The van der Waals surface area contributed by atoms with Crippen LogP contribution in [0.3, 0.4) is 0 Å². The van der Waals surface area contributed by atoms with Crippen LogP contribution in [0.15, 0.2) is 23.1 Å². The first-order valence-corrected chi connectivity index (χ1v) is 6.02. The predicted octanol–water partition coefficient (Wildman–Crippen LogP) is 1.06. The molecular weight excluding hydrogens is 246 g/mol. The molecule has 0 saturated carbocycles. The second kappa shape index (κ2) is 5.05. The molecule has 6 heteroatoms. The summed E-state index contributed by atoms with van der Waals surface area (Å²) in [7, 11) is 1.60. The fourth-order valence-electron chi connectivity index (χ4n) is 1.28. The van der Waals surface area contributed by atoms with Gasteiger partial charge in [0.25, 0.3) is 5.56 Å². The molecule has 0 aliphatic rings. The Bertz CT molecular complexity index is 527. The first-order valence-electron chi connectivity index (χ1n) is 6.02. The molecule has 3 N–H and O–H groups in total. The van der Waals surface area contributed by atoms with Gasteiger partial charge in [0, 0.05) is 13.2 Å². The molecule has 0 aromatic carbocycles. The van der Waals surface area contributed by atoms with Crippen LogP contribution in [0.4, 0.5) is 10.5 Å². The Balaban J connectivity index is 2.82. The standard InChI is InChI=1S/C13H21N3O3/c1-12(2,13(3,4)19)15-11(18)14-9-7-6-8-16(5)10(9)17/h6-8,19H,1-5H3,(H2,14,15,18). The maximum atomic E-state index is 11.9. The van der Waals surface area contributed by atoms with Crippen molar-refractivity contribution < 1.29 is 9.90 Å². The number of pyridine rings is 1. The van der Waals surface area contributed by atoms with Gasteiger partial charge >= 0.3 is 6.03 Å². The van der Waals surface area contributed by atoms with E-state index in [9.17, 15) is 14.7 Å². The number of anilines is 1. The molecule has 0 atom stereocenters. The van der Waals surface area contributed by atoms with Gasteiger partial charge in [-0.1, -0.05) is 0 Å². The largest absolute Gasteiger partial charge is 0.388 e. The van der Waals surface area contributed by atoms with E-state index >= 15 is 0 Å². The number of urea groups is 1. The Morgan fingerprint density at radius 2 is 1.89 bits per heavy atom. The zero-order valence-corrected chi connectivity index (χ0v) is 11.9. The summed E-state index contributed by atoms with van der Waals surface area (Å²) in [5.74, 6) is 0. The van der Waals surface area contributed by atoms with Gasteiger partial charge in [-0.15, -0.1) is 0 Å². The maximum Gasteiger partial charge on any atom is 0.319 e. The van der Waals surface area contributed by atoms with Crippen molar-refractivity contribution in [2.24, 2.45) is 7.05 Å². The lowest BCUT2D eigenvalue weighted by molar-refractivity contribution is 0.00184. The van der Waals surface area contributed by atoms with E-state index in [0.717, 1.165) is 0 Å². The molecule has 19 heavy (non-hydrogen) atoms. The lowest BCUT2D eigenvalue weighted by Gasteiger charge is -2.37. The third-order valence-corrected chi connectivity index (χ3v) is 3.33. The topological polar surface area (TPSA) is 83.4 Å². The molecule has 1 aromatic rings. The van der Waals surface area contributed by atoms with Crippen LogP contribution in [0.2, 0.25) is 0 Å². The number of amides is 2. The SMILES string of the molecule is Cn1cccc(NC(=O)NC(C)(C)C(C)(C)O)c1=O. The van der Waals surface area contributed by atoms with Crippen LogP contribution in [0, 0.1) is 0 Å². The summed E-state index contributed by atoms with van der Waals surface area (Å²) in [5, 5.41) is 15.1. The number of carbonyl (C=O) groups excluding carboxylic acids is 1. The van der Waals surface area contributed by atoms with Gasteiger partial charge in [0.1, 0.15) is 5.69 Å². The molecule has 0 fully saturated rings. The van der Waals surface area contributed by atoms with E-state index in [0.29, 0.717) is 0 Å². The van der Waals surface area contributed by atoms with E-state index in [2.05, 4.69) is 10.6 Å². The average molecular weight is 267 g/mol. The molecule has 0 bridgehead atoms. The zero-order chi connectivity index (χ0) is 14.8. The Hall–Kier alpha value is -1.82. The lowest BCUT2D eigenvalue weighted by Crippen LogP contribution is -2.58. The summed E-state index contributed by atoms with van der Waals surface area (Å²) in [6, 6.07) is 2.66. The quantitative estimate of drug-likeness (QED) is 0.765. The highest BCUT2D eigenvalue weighted by molar-refractivity contribution is 5.89. The smallest absolute Gasteiger partial charge is 0.319 e. The number of aromatic nitrogens is 1. The summed E-state index contributed by atoms with van der Waals surface area (Å²) in [5.41, 5.74) is -2.03. The van der Waals surface area contributed by atoms with E-state index < -0.39 is 17.2 Å². The lowest BCUT2D eigenvalue weighted by atomic mass is 9.86. The number of aryl methyl sites for hydroxylation is 1. The van der Waals surface area contributed by atoms with Crippen molar-refractivity contribution in [2.45, 2.75) is 38.8 Å². The highest BCUT2D eigenvalue weighted by Crippen LogP contribution is 2.20. The minimum absolute atomic E-state index is 0.189. The van der Waals surface area contributed by atoms with Gasteiger partial charge < -0.3 is 20.3 Å². The van der Waals surface area contributed by atoms with Crippen molar-refractivity contribution >= 4 is 11.7 Å². The summed E-state index contributed by atoms with van der Waals surface area (Å²) < 4.78 is 1.37. The predicted molar refractivity (Wildman–Crippen MR) is 74.2 cm³/mol. The third kappa shape index (κ3) is 3.57. The monoisotopic (exact) mass is 267 g/mol. The van der Waals surface area contributed by atoms with Crippen molar-refractivity contribution in [3.63, 3.8) is 0 Å². The first kappa shape index (κ1) is 15.2. The van der Waals surface area contributed by atoms with E-state index in [-0.39, 0.29) is 11.2 Å². The van der Waals surface area contributed by atoms with Gasteiger partial charge in [0.05, 0.1) is 11.1 Å². The number of rotatable bonds is 3. The molecule has 2 amide bonds. The maximum absolute atomic E-state index is 11.9. The molecule has 0 unspecified atom stereocenters. The number of nitrogens with zero attached hydrogens (tertiary/aromatic N) is 1. The molecule has 6 nitrogen and oxygen atoms in total. The molecule has 0 aliphatic carbocycles. The normalized spacial score (nSPS) is 12.1. The number of aliphatic hydroxyl groups is 1. The molecule has 0 spiro atoms. The molecule has 1 heterocycles. The van der Waals surface area contributed by atoms with Crippen molar-refractivity contribution in [3.8, 4) is 0 Å². The summed E-state index contributed by atoms with van der Waals surface area (Å²) in [6.07, 6.45) is 1.60. The second-order valence-corrected chi connectivity index (χ2v) is 5.60. The summed E-state index contributed by atoms with van der Waals surface area (Å²) >= 11 is 0. The van der Waals surface area contributed by atoms with Gasteiger partial charge in [-0.05, 0) is 39.8 Å². The average Bonchev–Trinajstić information content (AvgIpc) is 2.22. The van der Waals surface area contributed by atoms with Crippen molar-refractivity contribution in [2.75, 3.05) is 5.32 Å². The van der Waals surface area contributed by atoms with Crippen LogP contribution in [0.5, 0.6) is 0 Å². The van der Waals surface area contributed by atoms with Gasteiger partial charge in [0.15, 0.2) is 0 Å². The Morgan fingerprint density at radius 1 is 1.32 bits per heavy atom. The molecule has 0 saturated heterocycles.